The largest absolute Gasteiger partial charge is 0.488 e. The second-order valence-corrected chi connectivity index (χ2v) is 9.06. The Morgan fingerprint density at radius 3 is 2.73 bits per heavy atom. The first kappa shape index (κ1) is 23.1. The van der Waals surface area contributed by atoms with Crippen LogP contribution in [0, 0.1) is 0 Å². The van der Waals surface area contributed by atoms with E-state index >= 15 is 0 Å². The molecule has 2 aromatic heterocycles. The summed E-state index contributed by atoms with van der Waals surface area (Å²) < 4.78 is 12.6. The molecule has 10 nitrogen and oxygen atoms in total. The lowest BCUT2D eigenvalue weighted by atomic mass is 10.0. The predicted molar refractivity (Wildman–Crippen MR) is 139 cm³/mol. The number of nitrogens with one attached hydrogen (secondary N) is 1. The summed E-state index contributed by atoms with van der Waals surface area (Å²) >= 11 is 0. The molecular weight excluding hydrogens is 470 g/mol. The van der Waals surface area contributed by atoms with Gasteiger partial charge in [0.1, 0.15) is 17.9 Å². The maximum atomic E-state index is 13.0. The number of carbonyl (C=O) groups excluding carboxylic acids is 1. The molecule has 6 rings (SSSR count). The maximum absolute atomic E-state index is 13.0. The second-order valence-electron chi connectivity index (χ2n) is 9.06. The van der Waals surface area contributed by atoms with Crippen molar-refractivity contribution in [3.05, 3.63) is 77.6 Å². The Kier molecular flexibility index (Phi) is 6.25. The maximum Gasteiger partial charge on any atom is 0.261 e. The van der Waals surface area contributed by atoms with E-state index in [1.807, 2.05) is 48.5 Å². The summed E-state index contributed by atoms with van der Waals surface area (Å²) in [4.78, 5) is 24.5. The number of aromatic nitrogens is 4. The fraction of sp³-hybridized carbons (Fsp3) is 0.259. The molecular formula is C27H27N7O3. The van der Waals surface area contributed by atoms with Crippen LogP contribution in [0.25, 0.3) is 17.2 Å². The van der Waals surface area contributed by atoms with Crippen molar-refractivity contribution >= 4 is 17.4 Å². The zero-order chi connectivity index (χ0) is 25.2. The summed E-state index contributed by atoms with van der Waals surface area (Å²) in [6, 6.07) is 15.6. The van der Waals surface area contributed by atoms with Crippen LogP contribution in [-0.2, 0) is 17.8 Å². The third kappa shape index (κ3) is 4.89. The van der Waals surface area contributed by atoms with E-state index < -0.39 is 0 Å². The van der Waals surface area contributed by atoms with Crippen LogP contribution in [0.2, 0.25) is 0 Å². The molecule has 2 aromatic carbocycles. The van der Waals surface area contributed by atoms with E-state index in [9.17, 15) is 4.79 Å². The Morgan fingerprint density at radius 2 is 1.89 bits per heavy atom. The summed E-state index contributed by atoms with van der Waals surface area (Å²) in [5, 5.41) is 7.20. The number of nitrogen functional groups attached to an aromatic ring is 1. The normalized spacial score (nSPS) is 14.9. The van der Waals surface area contributed by atoms with E-state index in [0.29, 0.717) is 18.2 Å². The van der Waals surface area contributed by atoms with Gasteiger partial charge in [-0.25, -0.2) is 14.6 Å². The van der Waals surface area contributed by atoms with E-state index in [1.54, 1.807) is 12.4 Å². The summed E-state index contributed by atoms with van der Waals surface area (Å²) in [6.45, 7) is 4.93. The van der Waals surface area contributed by atoms with Gasteiger partial charge >= 0.3 is 0 Å². The van der Waals surface area contributed by atoms with Gasteiger partial charge in [-0.05, 0) is 36.2 Å². The van der Waals surface area contributed by atoms with Crippen LogP contribution in [0.3, 0.4) is 0 Å². The molecule has 0 aliphatic carbocycles. The highest BCUT2D eigenvalue weighted by Crippen LogP contribution is 2.35. The average molecular weight is 498 g/mol. The molecule has 1 saturated heterocycles. The zero-order valence-electron chi connectivity index (χ0n) is 20.3. The Bertz CT molecular complexity index is 1430. The van der Waals surface area contributed by atoms with Crippen molar-refractivity contribution in [2.24, 2.45) is 0 Å². The van der Waals surface area contributed by atoms with Crippen molar-refractivity contribution in [1.29, 1.82) is 0 Å². The van der Waals surface area contributed by atoms with Crippen molar-refractivity contribution in [2.45, 2.75) is 13.0 Å². The molecule has 2 aliphatic rings. The summed E-state index contributed by atoms with van der Waals surface area (Å²) in [5.74, 6) is 0.851. The number of morpholine rings is 1. The van der Waals surface area contributed by atoms with Crippen molar-refractivity contribution in [2.75, 3.05) is 43.9 Å². The number of carbonyl (C=O) groups is 1. The molecule has 3 N–H and O–H groups in total. The highest BCUT2D eigenvalue weighted by atomic mass is 16.5. The Balaban J connectivity index is 1.15. The standard InChI is InChI=1S/C27H27N7O3/c28-25-22(26(35)30-20-7-5-18(6-8-20)9-10-33-11-13-36-14-12-33)16-34(32-25)27-29-15-19-17-37-23-4-2-1-3-21(23)24(19)31-27/h1-8,15-16H,9-14,17H2,(H2,28,32)(H,30,35). The number of rotatable bonds is 6. The lowest BCUT2D eigenvalue weighted by Crippen LogP contribution is -2.37. The van der Waals surface area contributed by atoms with Crippen LogP contribution in [0.5, 0.6) is 5.75 Å². The molecule has 2 aliphatic heterocycles. The molecule has 4 heterocycles. The smallest absolute Gasteiger partial charge is 0.261 e. The van der Waals surface area contributed by atoms with Gasteiger partial charge in [0, 0.05) is 48.8 Å². The van der Waals surface area contributed by atoms with Crippen molar-refractivity contribution in [1.82, 2.24) is 24.6 Å². The minimum absolute atomic E-state index is 0.102. The first-order valence-electron chi connectivity index (χ1n) is 12.3. The third-order valence-electron chi connectivity index (χ3n) is 6.60. The van der Waals surface area contributed by atoms with Crippen molar-refractivity contribution < 1.29 is 14.3 Å². The topological polar surface area (TPSA) is 120 Å². The molecule has 0 saturated carbocycles. The van der Waals surface area contributed by atoms with E-state index in [-0.39, 0.29) is 17.3 Å². The lowest BCUT2D eigenvalue weighted by Gasteiger charge is -2.26. The molecule has 4 aromatic rings. The molecule has 0 radical (unpaired) electrons. The van der Waals surface area contributed by atoms with Gasteiger partial charge in [-0.3, -0.25) is 9.69 Å². The van der Waals surface area contributed by atoms with Crippen LogP contribution in [0.15, 0.2) is 60.9 Å². The minimum Gasteiger partial charge on any atom is -0.488 e. The van der Waals surface area contributed by atoms with Gasteiger partial charge in [-0.2, -0.15) is 0 Å². The lowest BCUT2D eigenvalue weighted by molar-refractivity contribution is 0.0384. The van der Waals surface area contributed by atoms with Gasteiger partial charge in [0.05, 0.1) is 18.9 Å². The Morgan fingerprint density at radius 1 is 1.08 bits per heavy atom. The van der Waals surface area contributed by atoms with Crippen LogP contribution < -0.4 is 15.8 Å². The van der Waals surface area contributed by atoms with E-state index in [1.165, 1.54) is 10.2 Å². The number of para-hydroxylation sites is 1. The summed E-state index contributed by atoms with van der Waals surface area (Å²) in [7, 11) is 0. The third-order valence-corrected chi connectivity index (χ3v) is 6.60. The first-order valence-corrected chi connectivity index (χ1v) is 12.3. The highest BCUT2D eigenvalue weighted by molar-refractivity contribution is 6.07. The molecule has 0 spiro atoms. The molecule has 37 heavy (non-hydrogen) atoms. The van der Waals surface area contributed by atoms with Gasteiger partial charge in [0.2, 0.25) is 0 Å². The fourth-order valence-corrected chi connectivity index (χ4v) is 4.52. The number of amides is 1. The highest BCUT2D eigenvalue weighted by Gasteiger charge is 2.21. The van der Waals surface area contributed by atoms with Crippen LogP contribution >= 0.6 is 0 Å². The minimum atomic E-state index is -0.346. The van der Waals surface area contributed by atoms with Crippen molar-refractivity contribution in [3.63, 3.8) is 0 Å². The van der Waals surface area contributed by atoms with Crippen LogP contribution in [-0.4, -0.2) is 63.4 Å². The first-order chi connectivity index (χ1) is 18.1. The average Bonchev–Trinajstić information content (AvgIpc) is 3.34. The number of benzene rings is 2. The number of nitrogens with two attached hydrogens (primary N) is 1. The monoisotopic (exact) mass is 497 g/mol. The SMILES string of the molecule is Nc1nn(-c2ncc3c(n2)-c2ccccc2OC3)cc1C(=O)Nc1ccc(CCN2CCOCC2)cc1. The summed E-state index contributed by atoms with van der Waals surface area (Å²) in [5.41, 5.74) is 10.8. The number of hydrogen-bond donors (Lipinski definition) is 2. The Hall–Kier alpha value is -4.28. The van der Waals surface area contributed by atoms with Gasteiger partial charge in [0.15, 0.2) is 5.82 Å². The van der Waals surface area contributed by atoms with Crippen molar-refractivity contribution in [3.8, 4) is 23.0 Å². The number of anilines is 2. The van der Waals surface area contributed by atoms with Gasteiger partial charge in [-0.1, -0.05) is 24.3 Å². The molecule has 0 bridgehead atoms. The van der Waals surface area contributed by atoms with E-state index in [0.717, 1.165) is 61.8 Å². The van der Waals surface area contributed by atoms with Crippen LogP contribution in [0.4, 0.5) is 11.5 Å². The van der Waals surface area contributed by atoms with Gasteiger partial charge in [0.25, 0.3) is 11.9 Å². The molecule has 10 heteroatoms. The number of nitrogens with zero attached hydrogens (tertiary/aromatic N) is 5. The number of hydrogen-bond acceptors (Lipinski definition) is 8. The van der Waals surface area contributed by atoms with Crippen LogP contribution in [0.1, 0.15) is 21.5 Å². The Labute approximate surface area is 214 Å². The second kappa shape index (κ2) is 10.00. The van der Waals surface area contributed by atoms with Gasteiger partial charge in [-0.15, -0.1) is 5.10 Å². The predicted octanol–water partition coefficient (Wildman–Crippen LogP) is 2.93. The summed E-state index contributed by atoms with van der Waals surface area (Å²) in [6.07, 6.45) is 4.21. The number of ether oxygens (including phenoxy) is 2. The molecule has 1 fully saturated rings. The van der Waals surface area contributed by atoms with E-state index in [4.69, 9.17) is 20.2 Å². The molecule has 188 valence electrons. The number of fused-ring (bicyclic) bond motifs is 3. The van der Waals surface area contributed by atoms with E-state index in [2.05, 4.69) is 20.3 Å². The molecule has 0 atom stereocenters. The molecule has 0 unspecified atom stereocenters. The molecule has 1 amide bonds. The fourth-order valence-electron chi connectivity index (χ4n) is 4.52. The zero-order valence-corrected chi connectivity index (χ0v) is 20.3. The quantitative estimate of drug-likeness (QED) is 0.417. The van der Waals surface area contributed by atoms with Gasteiger partial charge < -0.3 is 20.5 Å².